The summed E-state index contributed by atoms with van der Waals surface area (Å²) in [6.07, 6.45) is 2.14. The summed E-state index contributed by atoms with van der Waals surface area (Å²) in [6, 6.07) is 9.93. The molecule has 0 aliphatic heterocycles. The standard InChI is InChI=1S/C19H16ClNO4S/c1-11-7-12(2)9-14(8-11)26(24,25)19-15-10-13(20)3-4-16(15)21-17(19)5-6-18(22)23/h3-10,21H,1-2H3,(H,22,23). The van der Waals surface area contributed by atoms with E-state index in [9.17, 15) is 13.2 Å². The smallest absolute Gasteiger partial charge is 0.328 e. The molecule has 0 spiro atoms. The summed E-state index contributed by atoms with van der Waals surface area (Å²) >= 11 is 6.05. The first-order chi connectivity index (χ1) is 12.2. The summed E-state index contributed by atoms with van der Waals surface area (Å²) in [5, 5.41) is 9.72. The van der Waals surface area contributed by atoms with Crippen LogP contribution in [0, 0.1) is 13.8 Å². The van der Waals surface area contributed by atoms with Crippen molar-refractivity contribution in [2.24, 2.45) is 0 Å². The molecule has 0 fully saturated rings. The Balaban J connectivity index is 2.35. The molecular weight excluding hydrogens is 374 g/mol. The number of aromatic nitrogens is 1. The molecule has 5 nitrogen and oxygen atoms in total. The number of aliphatic carboxylic acids is 1. The minimum absolute atomic E-state index is 0.0116. The summed E-state index contributed by atoms with van der Waals surface area (Å²) in [5.41, 5.74) is 2.40. The van der Waals surface area contributed by atoms with Crippen molar-refractivity contribution in [1.29, 1.82) is 0 Å². The maximum absolute atomic E-state index is 13.3. The molecule has 0 aliphatic carbocycles. The number of aryl methyl sites for hydroxylation is 2. The van der Waals surface area contributed by atoms with E-state index >= 15 is 0 Å². The molecule has 3 rings (SSSR count). The first-order valence-corrected chi connectivity index (χ1v) is 9.60. The first-order valence-electron chi connectivity index (χ1n) is 7.74. The molecular formula is C19H16ClNO4S. The molecule has 7 heteroatoms. The van der Waals surface area contributed by atoms with E-state index in [4.69, 9.17) is 16.7 Å². The van der Waals surface area contributed by atoms with Gasteiger partial charge in [0.25, 0.3) is 0 Å². The lowest BCUT2D eigenvalue weighted by atomic mass is 10.2. The highest BCUT2D eigenvalue weighted by atomic mass is 35.5. The largest absolute Gasteiger partial charge is 0.478 e. The van der Waals surface area contributed by atoms with E-state index < -0.39 is 15.8 Å². The van der Waals surface area contributed by atoms with Crippen LogP contribution in [0.1, 0.15) is 16.8 Å². The van der Waals surface area contributed by atoms with Gasteiger partial charge in [-0.05, 0) is 61.4 Å². The molecule has 1 aromatic heterocycles. The maximum Gasteiger partial charge on any atom is 0.328 e. The second-order valence-corrected chi connectivity index (χ2v) is 8.38. The number of halogens is 1. The number of carboxylic acids is 1. The highest BCUT2D eigenvalue weighted by Gasteiger charge is 2.26. The van der Waals surface area contributed by atoms with Crippen molar-refractivity contribution >= 4 is 44.4 Å². The third-order valence-electron chi connectivity index (χ3n) is 3.91. The molecule has 0 amide bonds. The number of H-pyrrole nitrogens is 1. The zero-order valence-corrected chi connectivity index (χ0v) is 15.6. The van der Waals surface area contributed by atoms with Crippen LogP contribution in [0.25, 0.3) is 17.0 Å². The Hall–Kier alpha value is -2.57. The highest BCUT2D eigenvalue weighted by Crippen LogP contribution is 2.34. The lowest BCUT2D eigenvalue weighted by molar-refractivity contribution is -0.131. The number of carboxylic acid groups (broad SMARTS) is 1. The van der Waals surface area contributed by atoms with E-state index in [1.54, 1.807) is 30.3 Å². The van der Waals surface area contributed by atoms with Crippen molar-refractivity contribution in [2.45, 2.75) is 23.6 Å². The Morgan fingerprint density at radius 2 is 1.77 bits per heavy atom. The predicted octanol–water partition coefficient (Wildman–Crippen LogP) is 4.37. The Morgan fingerprint density at radius 1 is 1.12 bits per heavy atom. The van der Waals surface area contributed by atoms with Crippen LogP contribution in [0.5, 0.6) is 0 Å². The van der Waals surface area contributed by atoms with Crippen LogP contribution in [0.15, 0.2) is 52.3 Å². The SMILES string of the molecule is Cc1cc(C)cc(S(=O)(=O)c2c(C=CC(=O)O)[nH]c3ccc(Cl)cc23)c1. The zero-order valence-electron chi connectivity index (χ0n) is 14.1. The highest BCUT2D eigenvalue weighted by molar-refractivity contribution is 7.91. The van der Waals surface area contributed by atoms with Gasteiger partial charge in [0.1, 0.15) is 4.90 Å². The number of rotatable bonds is 4. The Bertz CT molecular complexity index is 1140. The predicted molar refractivity (Wildman–Crippen MR) is 101 cm³/mol. The maximum atomic E-state index is 13.3. The van der Waals surface area contributed by atoms with E-state index in [0.29, 0.717) is 15.9 Å². The molecule has 0 atom stereocenters. The van der Waals surface area contributed by atoms with Crippen molar-refractivity contribution in [2.75, 3.05) is 0 Å². The second-order valence-electron chi connectivity index (χ2n) is 6.06. The van der Waals surface area contributed by atoms with Gasteiger partial charge in [-0.15, -0.1) is 0 Å². The quantitative estimate of drug-likeness (QED) is 0.648. The normalized spacial score (nSPS) is 12.1. The fourth-order valence-electron chi connectivity index (χ4n) is 2.93. The van der Waals surface area contributed by atoms with Gasteiger partial charge in [-0.3, -0.25) is 0 Å². The van der Waals surface area contributed by atoms with Crippen LogP contribution < -0.4 is 0 Å². The van der Waals surface area contributed by atoms with E-state index in [2.05, 4.69) is 4.98 Å². The summed E-state index contributed by atoms with van der Waals surface area (Å²) in [4.78, 5) is 14.0. The Kier molecular flexibility index (Phi) is 4.64. The lowest BCUT2D eigenvalue weighted by Crippen LogP contribution is -2.04. The number of nitrogens with one attached hydrogen (secondary N) is 1. The molecule has 0 saturated heterocycles. The topological polar surface area (TPSA) is 87.2 Å². The van der Waals surface area contributed by atoms with Gasteiger partial charge >= 0.3 is 5.97 Å². The molecule has 3 aromatic rings. The second kappa shape index (κ2) is 6.63. The van der Waals surface area contributed by atoms with Crippen LogP contribution >= 0.6 is 11.6 Å². The van der Waals surface area contributed by atoms with E-state index in [1.165, 1.54) is 6.08 Å². The fourth-order valence-corrected chi connectivity index (χ4v) is 4.88. The number of hydrogen-bond donors (Lipinski definition) is 2. The minimum atomic E-state index is -3.90. The van der Waals surface area contributed by atoms with Crippen molar-refractivity contribution in [3.63, 3.8) is 0 Å². The van der Waals surface area contributed by atoms with E-state index in [-0.39, 0.29) is 15.5 Å². The van der Waals surface area contributed by atoms with Gasteiger partial charge in [-0.25, -0.2) is 13.2 Å². The average Bonchev–Trinajstić information content (AvgIpc) is 2.90. The van der Waals surface area contributed by atoms with Crippen LogP contribution in [0.3, 0.4) is 0 Å². The Morgan fingerprint density at radius 3 is 2.38 bits per heavy atom. The van der Waals surface area contributed by atoms with Gasteiger partial charge in [-0.2, -0.15) is 0 Å². The molecule has 0 bridgehead atoms. The molecule has 2 aromatic carbocycles. The molecule has 2 N–H and O–H groups in total. The van der Waals surface area contributed by atoms with Gasteiger partial charge in [0, 0.05) is 22.0 Å². The van der Waals surface area contributed by atoms with E-state index in [1.807, 2.05) is 19.9 Å². The molecule has 0 unspecified atom stereocenters. The van der Waals surface area contributed by atoms with E-state index in [0.717, 1.165) is 17.2 Å². The number of fused-ring (bicyclic) bond motifs is 1. The number of aromatic amines is 1. The molecule has 26 heavy (non-hydrogen) atoms. The average molecular weight is 390 g/mol. The van der Waals surface area contributed by atoms with Crippen molar-refractivity contribution in [3.05, 3.63) is 64.3 Å². The third-order valence-corrected chi connectivity index (χ3v) is 5.98. The summed E-state index contributed by atoms with van der Waals surface area (Å²) in [6.45, 7) is 3.65. The van der Waals surface area contributed by atoms with Gasteiger partial charge < -0.3 is 10.1 Å². The summed E-state index contributed by atoms with van der Waals surface area (Å²) in [7, 11) is -3.90. The molecule has 1 heterocycles. The Labute approximate surface area is 155 Å². The monoisotopic (exact) mass is 389 g/mol. The molecule has 134 valence electrons. The van der Waals surface area contributed by atoms with Crippen molar-refractivity contribution in [1.82, 2.24) is 4.98 Å². The van der Waals surface area contributed by atoms with Gasteiger partial charge in [0.15, 0.2) is 0 Å². The number of carbonyl (C=O) groups is 1. The van der Waals surface area contributed by atoms with Crippen LogP contribution in [0.2, 0.25) is 5.02 Å². The summed E-state index contributed by atoms with van der Waals surface area (Å²) < 4.78 is 26.7. The minimum Gasteiger partial charge on any atom is -0.478 e. The number of benzene rings is 2. The van der Waals surface area contributed by atoms with Gasteiger partial charge in [0.2, 0.25) is 9.84 Å². The lowest BCUT2D eigenvalue weighted by Gasteiger charge is -2.08. The zero-order chi connectivity index (χ0) is 19.1. The molecule has 0 radical (unpaired) electrons. The van der Waals surface area contributed by atoms with Crippen LogP contribution in [0.4, 0.5) is 0 Å². The van der Waals surface area contributed by atoms with Crippen molar-refractivity contribution < 1.29 is 18.3 Å². The van der Waals surface area contributed by atoms with Gasteiger partial charge in [-0.1, -0.05) is 17.7 Å². The fraction of sp³-hybridized carbons (Fsp3) is 0.105. The van der Waals surface area contributed by atoms with Crippen LogP contribution in [-0.2, 0) is 14.6 Å². The molecule has 0 aliphatic rings. The van der Waals surface area contributed by atoms with Crippen molar-refractivity contribution in [3.8, 4) is 0 Å². The summed E-state index contributed by atoms with van der Waals surface area (Å²) in [5.74, 6) is -1.17. The number of sulfone groups is 1. The third kappa shape index (κ3) is 3.38. The van der Waals surface area contributed by atoms with Gasteiger partial charge in [0.05, 0.1) is 10.6 Å². The molecule has 0 saturated carbocycles. The number of hydrogen-bond acceptors (Lipinski definition) is 3. The first kappa shape index (κ1) is 18.2. The van der Waals surface area contributed by atoms with Crippen LogP contribution in [-0.4, -0.2) is 24.5 Å².